The maximum Gasteiger partial charge on any atom is 0.182 e. The number of nitrogens with one attached hydrogen (secondary N) is 1. The van der Waals surface area contributed by atoms with Crippen molar-refractivity contribution in [2.75, 3.05) is 11.9 Å². The van der Waals surface area contributed by atoms with Gasteiger partial charge >= 0.3 is 0 Å². The summed E-state index contributed by atoms with van der Waals surface area (Å²) < 4.78 is 0. The molecule has 68 valence electrons. The fraction of sp³-hybridized carbons (Fsp3) is 0.667. The third-order valence-electron chi connectivity index (χ3n) is 1.67. The van der Waals surface area contributed by atoms with Crippen LogP contribution in [0.4, 0.5) is 5.13 Å². The summed E-state index contributed by atoms with van der Waals surface area (Å²) in [4.78, 5) is 4.44. The molecular formula is C9H16N2S. The first kappa shape index (κ1) is 9.52. The van der Waals surface area contributed by atoms with Crippen LogP contribution >= 0.6 is 11.3 Å². The van der Waals surface area contributed by atoms with Crippen LogP contribution < -0.4 is 5.32 Å². The molecule has 0 spiro atoms. The van der Waals surface area contributed by atoms with E-state index in [0.29, 0.717) is 0 Å². The van der Waals surface area contributed by atoms with E-state index in [1.54, 1.807) is 11.3 Å². The van der Waals surface area contributed by atoms with Gasteiger partial charge in [-0.3, -0.25) is 0 Å². The fourth-order valence-corrected chi connectivity index (χ4v) is 1.83. The van der Waals surface area contributed by atoms with E-state index in [2.05, 4.69) is 29.5 Å². The van der Waals surface area contributed by atoms with E-state index in [-0.39, 0.29) is 0 Å². The summed E-state index contributed by atoms with van der Waals surface area (Å²) in [7, 11) is 0. The van der Waals surface area contributed by atoms with Crippen LogP contribution in [0.2, 0.25) is 0 Å². The Morgan fingerprint density at radius 1 is 1.50 bits per heavy atom. The first-order chi connectivity index (χ1) is 5.86. The molecule has 0 aliphatic rings. The van der Waals surface area contributed by atoms with Gasteiger partial charge in [0.1, 0.15) is 0 Å². The van der Waals surface area contributed by atoms with Gasteiger partial charge in [0.05, 0.1) is 5.69 Å². The molecular weight excluding hydrogens is 168 g/mol. The van der Waals surface area contributed by atoms with Gasteiger partial charge in [0.15, 0.2) is 5.13 Å². The molecule has 2 nitrogen and oxygen atoms in total. The zero-order valence-corrected chi connectivity index (χ0v) is 8.58. The molecule has 0 fully saturated rings. The molecule has 1 N–H and O–H groups in total. The molecule has 1 aromatic heterocycles. The highest BCUT2D eigenvalue weighted by Crippen LogP contribution is 2.16. The average molecular weight is 184 g/mol. The van der Waals surface area contributed by atoms with Gasteiger partial charge < -0.3 is 5.32 Å². The zero-order chi connectivity index (χ0) is 8.81. The van der Waals surface area contributed by atoms with Crippen molar-refractivity contribution < 1.29 is 0 Å². The van der Waals surface area contributed by atoms with Crippen molar-refractivity contribution in [2.45, 2.75) is 33.1 Å². The average Bonchev–Trinajstić information content (AvgIpc) is 2.50. The molecule has 0 bridgehead atoms. The van der Waals surface area contributed by atoms with Gasteiger partial charge in [0, 0.05) is 11.9 Å². The Labute approximate surface area is 78.0 Å². The van der Waals surface area contributed by atoms with E-state index in [4.69, 9.17) is 0 Å². The Balaban J connectivity index is 2.41. The topological polar surface area (TPSA) is 24.9 Å². The number of hydrogen-bond donors (Lipinski definition) is 1. The fourth-order valence-electron chi connectivity index (χ4n) is 1.01. The van der Waals surface area contributed by atoms with Crippen molar-refractivity contribution in [3.8, 4) is 0 Å². The molecule has 0 atom stereocenters. The van der Waals surface area contributed by atoms with Crippen LogP contribution in [0, 0.1) is 0 Å². The minimum atomic E-state index is 0.959. The summed E-state index contributed by atoms with van der Waals surface area (Å²) in [5, 5.41) is 6.42. The highest BCUT2D eigenvalue weighted by atomic mass is 32.1. The lowest BCUT2D eigenvalue weighted by Crippen LogP contribution is -1.95. The third-order valence-corrected chi connectivity index (χ3v) is 2.52. The van der Waals surface area contributed by atoms with Gasteiger partial charge in [-0.1, -0.05) is 13.3 Å². The van der Waals surface area contributed by atoms with Crippen molar-refractivity contribution >= 4 is 16.5 Å². The van der Waals surface area contributed by atoms with Crippen LogP contribution in [0.1, 0.15) is 32.4 Å². The molecule has 0 aliphatic carbocycles. The molecule has 0 aromatic carbocycles. The molecule has 12 heavy (non-hydrogen) atoms. The van der Waals surface area contributed by atoms with Crippen LogP contribution in [0.25, 0.3) is 0 Å². The molecule has 1 heterocycles. The lowest BCUT2D eigenvalue weighted by Gasteiger charge is -1.94. The van der Waals surface area contributed by atoms with Crippen LogP contribution in [-0.4, -0.2) is 11.5 Å². The molecule has 1 rings (SSSR count). The number of thiazole rings is 1. The number of hydrogen-bond acceptors (Lipinski definition) is 3. The first-order valence-corrected chi connectivity index (χ1v) is 5.43. The van der Waals surface area contributed by atoms with E-state index < -0.39 is 0 Å². The highest BCUT2D eigenvalue weighted by Gasteiger charge is 1.98. The van der Waals surface area contributed by atoms with Gasteiger partial charge in [-0.05, 0) is 19.8 Å². The van der Waals surface area contributed by atoms with Crippen LogP contribution in [0.3, 0.4) is 0 Å². The number of aryl methyl sites for hydroxylation is 1. The number of anilines is 1. The second kappa shape index (κ2) is 5.14. The van der Waals surface area contributed by atoms with Crippen molar-refractivity contribution in [1.82, 2.24) is 4.98 Å². The minimum absolute atomic E-state index is 0.959. The van der Waals surface area contributed by atoms with Gasteiger partial charge in [-0.15, -0.1) is 11.3 Å². The van der Waals surface area contributed by atoms with Crippen LogP contribution in [0.15, 0.2) is 5.38 Å². The molecule has 0 amide bonds. The van der Waals surface area contributed by atoms with Gasteiger partial charge in [-0.25, -0.2) is 4.98 Å². The Bertz CT molecular complexity index is 220. The summed E-state index contributed by atoms with van der Waals surface area (Å²) in [6.07, 6.45) is 3.61. The van der Waals surface area contributed by atoms with Crippen molar-refractivity contribution in [3.63, 3.8) is 0 Å². The number of aromatic nitrogens is 1. The van der Waals surface area contributed by atoms with Gasteiger partial charge in [0.2, 0.25) is 0 Å². The second-order valence-electron chi connectivity index (χ2n) is 2.78. The molecule has 3 heteroatoms. The predicted octanol–water partition coefficient (Wildman–Crippen LogP) is 2.92. The van der Waals surface area contributed by atoms with E-state index in [9.17, 15) is 0 Å². The monoisotopic (exact) mass is 184 g/mol. The Kier molecular flexibility index (Phi) is 4.08. The lowest BCUT2D eigenvalue weighted by atomic mass is 10.2. The Morgan fingerprint density at radius 3 is 3.00 bits per heavy atom. The molecule has 0 aliphatic heterocycles. The van der Waals surface area contributed by atoms with Gasteiger partial charge in [-0.2, -0.15) is 0 Å². The Morgan fingerprint density at radius 2 is 2.33 bits per heavy atom. The normalized spacial score (nSPS) is 10.2. The van der Waals surface area contributed by atoms with Crippen molar-refractivity contribution in [3.05, 3.63) is 11.1 Å². The van der Waals surface area contributed by atoms with Crippen LogP contribution in [-0.2, 0) is 6.42 Å². The summed E-state index contributed by atoms with van der Waals surface area (Å²) in [5.41, 5.74) is 1.23. The summed E-state index contributed by atoms with van der Waals surface area (Å²) in [6, 6.07) is 0. The van der Waals surface area contributed by atoms with Gasteiger partial charge in [0.25, 0.3) is 0 Å². The minimum Gasteiger partial charge on any atom is -0.362 e. The Hall–Kier alpha value is -0.570. The van der Waals surface area contributed by atoms with Crippen molar-refractivity contribution in [2.24, 2.45) is 0 Å². The van der Waals surface area contributed by atoms with E-state index in [0.717, 1.165) is 18.1 Å². The molecule has 0 saturated carbocycles. The SMILES string of the molecule is CCCCc1csc(NCC)n1. The standard InChI is InChI=1S/C9H16N2S/c1-3-5-6-8-7-12-9(11-8)10-4-2/h7H,3-6H2,1-2H3,(H,10,11). The molecule has 0 saturated heterocycles. The maximum atomic E-state index is 4.44. The van der Waals surface area contributed by atoms with E-state index in [1.807, 2.05) is 0 Å². The van der Waals surface area contributed by atoms with Crippen molar-refractivity contribution in [1.29, 1.82) is 0 Å². The molecule has 0 unspecified atom stereocenters. The van der Waals surface area contributed by atoms with E-state index in [1.165, 1.54) is 18.5 Å². The number of unbranched alkanes of at least 4 members (excludes halogenated alkanes) is 1. The van der Waals surface area contributed by atoms with Crippen LogP contribution in [0.5, 0.6) is 0 Å². The first-order valence-electron chi connectivity index (χ1n) is 4.55. The molecule has 0 radical (unpaired) electrons. The number of rotatable bonds is 5. The maximum absolute atomic E-state index is 4.44. The largest absolute Gasteiger partial charge is 0.362 e. The zero-order valence-electron chi connectivity index (χ0n) is 7.76. The highest BCUT2D eigenvalue weighted by molar-refractivity contribution is 7.13. The lowest BCUT2D eigenvalue weighted by molar-refractivity contribution is 0.781. The summed E-state index contributed by atoms with van der Waals surface area (Å²) >= 11 is 1.70. The summed E-state index contributed by atoms with van der Waals surface area (Å²) in [5.74, 6) is 0. The molecule has 1 aromatic rings. The predicted molar refractivity (Wildman–Crippen MR) is 54.9 cm³/mol. The third kappa shape index (κ3) is 2.81. The number of nitrogens with zero attached hydrogens (tertiary/aromatic N) is 1. The second-order valence-corrected chi connectivity index (χ2v) is 3.64. The van der Waals surface area contributed by atoms with E-state index >= 15 is 0 Å². The quantitative estimate of drug-likeness (QED) is 0.761. The summed E-state index contributed by atoms with van der Waals surface area (Å²) in [6.45, 7) is 5.26. The smallest absolute Gasteiger partial charge is 0.182 e.